The molecule has 17 heavy (non-hydrogen) atoms. The number of piperidine rings is 1. The van der Waals surface area contributed by atoms with Crippen molar-refractivity contribution in [3.63, 3.8) is 0 Å². The van der Waals surface area contributed by atoms with Crippen LogP contribution >= 0.6 is 0 Å². The van der Waals surface area contributed by atoms with E-state index in [-0.39, 0.29) is 0 Å². The van der Waals surface area contributed by atoms with Gasteiger partial charge in [-0.15, -0.1) is 0 Å². The smallest absolute Gasteiger partial charge is 0.0659 e. The van der Waals surface area contributed by atoms with Crippen molar-refractivity contribution in [1.82, 2.24) is 15.1 Å². The van der Waals surface area contributed by atoms with Crippen LogP contribution in [0.25, 0.3) is 0 Å². The van der Waals surface area contributed by atoms with Crippen molar-refractivity contribution in [2.75, 3.05) is 13.6 Å². The molecule has 0 amide bonds. The van der Waals surface area contributed by atoms with Gasteiger partial charge in [0.25, 0.3) is 0 Å². The third-order valence-corrected chi connectivity index (χ3v) is 4.99. The number of likely N-dealkylation sites (tertiary alicyclic amines) is 1. The highest BCUT2D eigenvalue weighted by Gasteiger charge is 2.39. The molecule has 0 saturated carbocycles. The largest absolute Gasteiger partial charge is 0.303 e. The monoisotopic (exact) mass is 233 g/mol. The van der Waals surface area contributed by atoms with E-state index in [0.29, 0.717) is 0 Å². The SMILES string of the molecule is CC[C@@H]1C2Cc3c(n[nH]c3C)C[C@H]2CCN1C. The molecule has 3 heteroatoms. The number of nitrogens with zero attached hydrogens (tertiary/aromatic N) is 2. The Morgan fingerprint density at radius 3 is 3.00 bits per heavy atom. The lowest BCUT2D eigenvalue weighted by Crippen LogP contribution is -2.49. The molecule has 1 aromatic rings. The molecule has 0 radical (unpaired) electrons. The topological polar surface area (TPSA) is 31.9 Å². The molecule has 0 spiro atoms. The molecule has 3 atom stereocenters. The van der Waals surface area contributed by atoms with Gasteiger partial charge in [0.05, 0.1) is 5.69 Å². The molecule has 0 bridgehead atoms. The standard InChI is InChI=1S/C14H23N3/c1-4-14-12-8-11-9(2)15-16-13(11)7-10(12)5-6-17(14)3/h10,12,14H,4-8H2,1-3H3,(H,15,16)/t10-,12?,14-/m1/s1. The van der Waals surface area contributed by atoms with Gasteiger partial charge in [0.15, 0.2) is 0 Å². The number of hydrogen-bond donors (Lipinski definition) is 1. The van der Waals surface area contributed by atoms with Gasteiger partial charge < -0.3 is 4.90 Å². The molecule has 1 N–H and O–H groups in total. The van der Waals surface area contributed by atoms with Gasteiger partial charge in [-0.3, -0.25) is 5.10 Å². The first-order valence-corrected chi connectivity index (χ1v) is 6.93. The van der Waals surface area contributed by atoms with E-state index in [2.05, 4.69) is 36.0 Å². The lowest BCUT2D eigenvalue weighted by Gasteiger charge is -2.46. The minimum absolute atomic E-state index is 0.774. The van der Waals surface area contributed by atoms with Gasteiger partial charge in [-0.1, -0.05) is 6.92 Å². The van der Waals surface area contributed by atoms with Gasteiger partial charge in [-0.05, 0) is 63.6 Å². The first-order chi connectivity index (χ1) is 8.20. The van der Waals surface area contributed by atoms with Gasteiger partial charge >= 0.3 is 0 Å². The van der Waals surface area contributed by atoms with E-state index in [1.165, 1.54) is 49.2 Å². The van der Waals surface area contributed by atoms with Crippen molar-refractivity contribution in [1.29, 1.82) is 0 Å². The summed E-state index contributed by atoms with van der Waals surface area (Å²) in [7, 11) is 2.29. The van der Waals surface area contributed by atoms with E-state index < -0.39 is 0 Å². The zero-order chi connectivity index (χ0) is 12.0. The Balaban J connectivity index is 1.91. The average molecular weight is 233 g/mol. The summed E-state index contributed by atoms with van der Waals surface area (Å²) in [6, 6.07) is 0.774. The van der Waals surface area contributed by atoms with E-state index in [0.717, 1.165) is 17.9 Å². The third-order valence-electron chi connectivity index (χ3n) is 4.99. The molecule has 1 aliphatic carbocycles. The first kappa shape index (κ1) is 11.3. The zero-order valence-corrected chi connectivity index (χ0v) is 11.2. The Hall–Kier alpha value is -0.830. The number of fused-ring (bicyclic) bond motifs is 2. The number of nitrogens with one attached hydrogen (secondary N) is 1. The number of aromatic amines is 1. The lowest BCUT2D eigenvalue weighted by atomic mass is 9.69. The Morgan fingerprint density at radius 1 is 1.41 bits per heavy atom. The van der Waals surface area contributed by atoms with Crippen molar-refractivity contribution in [3.05, 3.63) is 17.0 Å². The molecule has 1 aliphatic heterocycles. The predicted molar refractivity (Wildman–Crippen MR) is 69.0 cm³/mol. The Bertz CT molecular complexity index is 410. The van der Waals surface area contributed by atoms with Crippen LogP contribution in [-0.2, 0) is 12.8 Å². The van der Waals surface area contributed by atoms with E-state index in [1.54, 1.807) is 0 Å². The van der Waals surface area contributed by atoms with Crippen LogP contribution in [0.1, 0.15) is 36.7 Å². The molecule has 94 valence electrons. The molecule has 1 unspecified atom stereocenters. The highest BCUT2D eigenvalue weighted by Crippen LogP contribution is 2.39. The van der Waals surface area contributed by atoms with Gasteiger partial charge in [-0.2, -0.15) is 5.10 Å². The van der Waals surface area contributed by atoms with Crippen molar-refractivity contribution in [2.45, 2.75) is 45.6 Å². The second-order valence-corrected chi connectivity index (χ2v) is 5.85. The minimum Gasteiger partial charge on any atom is -0.303 e. The zero-order valence-electron chi connectivity index (χ0n) is 11.2. The Kier molecular flexibility index (Phi) is 2.74. The molecular weight excluding hydrogens is 210 g/mol. The second kappa shape index (κ2) is 4.13. The Morgan fingerprint density at radius 2 is 2.24 bits per heavy atom. The average Bonchev–Trinajstić information content (AvgIpc) is 2.68. The van der Waals surface area contributed by atoms with Crippen LogP contribution in [0.4, 0.5) is 0 Å². The maximum atomic E-state index is 4.48. The van der Waals surface area contributed by atoms with Crippen molar-refractivity contribution in [3.8, 4) is 0 Å². The summed E-state index contributed by atoms with van der Waals surface area (Å²) in [5, 5.41) is 7.65. The maximum absolute atomic E-state index is 4.48. The van der Waals surface area contributed by atoms with E-state index >= 15 is 0 Å². The summed E-state index contributed by atoms with van der Waals surface area (Å²) in [4.78, 5) is 2.57. The maximum Gasteiger partial charge on any atom is 0.0659 e. The molecule has 2 aliphatic rings. The Labute approximate surface area is 104 Å². The van der Waals surface area contributed by atoms with E-state index in [1.807, 2.05) is 0 Å². The number of hydrogen-bond acceptors (Lipinski definition) is 2. The molecule has 1 saturated heterocycles. The lowest BCUT2D eigenvalue weighted by molar-refractivity contribution is 0.0596. The molecule has 1 fully saturated rings. The molecule has 2 heterocycles. The van der Waals surface area contributed by atoms with Crippen LogP contribution in [0.2, 0.25) is 0 Å². The fourth-order valence-electron chi connectivity index (χ4n) is 3.99. The van der Waals surface area contributed by atoms with Crippen LogP contribution < -0.4 is 0 Å². The van der Waals surface area contributed by atoms with E-state index in [9.17, 15) is 0 Å². The second-order valence-electron chi connectivity index (χ2n) is 5.85. The van der Waals surface area contributed by atoms with E-state index in [4.69, 9.17) is 0 Å². The summed E-state index contributed by atoms with van der Waals surface area (Å²) >= 11 is 0. The van der Waals surface area contributed by atoms with Crippen LogP contribution in [0.15, 0.2) is 0 Å². The summed E-state index contributed by atoms with van der Waals surface area (Å²) in [5.74, 6) is 1.72. The van der Waals surface area contributed by atoms with Crippen molar-refractivity contribution >= 4 is 0 Å². The molecule has 1 aromatic heterocycles. The van der Waals surface area contributed by atoms with Crippen molar-refractivity contribution < 1.29 is 0 Å². The van der Waals surface area contributed by atoms with Gasteiger partial charge in [0.1, 0.15) is 0 Å². The van der Waals surface area contributed by atoms with Gasteiger partial charge in [-0.25, -0.2) is 0 Å². The highest BCUT2D eigenvalue weighted by molar-refractivity contribution is 5.29. The number of rotatable bonds is 1. The number of H-pyrrole nitrogens is 1. The predicted octanol–water partition coefficient (Wildman–Crippen LogP) is 2.16. The number of aryl methyl sites for hydroxylation is 1. The summed E-state index contributed by atoms with van der Waals surface area (Å²) < 4.78 is 0. The van der Waals surface area contributed by atoms with Gasteiger partial charge in [0, 0.05) is 11.7 Å². The molecular formula is C14H23N3. The van der Waals surface area contributed by atoms with Crippen molar-refractivity contribution in [2.24, 2.45) is 11.8 Å². The fourth-order valence-corrected chi connectivity index (χ4v) is 3.99. The van der Waals surface area contributed by atoms with Gasteiger partial charge in [0.2, 0.25) is 0 Å². The van der Waals surface area contributed by atoms with Crippen LogP contribution in [0.3, 0.4) is 0 Å². The number of aromatic nitrogens is 2. The molecule has 3 rings (SSSR count). The van der Waals surface area contributed by atoms with Crippen LogP contribution in [0, 0.1) is 18.8 Å². The van der Waals surface area contributed by atoms with Crippen LogP contribution in [-0.4, -0.2) is 34.7 Å². The molecule has 3 nitrogen and oxygen atoms in total. The highest BCUT2D eigenvalue weighted by atomic mass is 15.2. The van der Waals surface area contributed by atoms with Crippen LogP contribution in [0.5, 0.6) is 0 Å². The quantitative estimate of drug-likeness (QED) is 0.806. The normalized spacial score (nSPS) is 33.2. The summed E-state index contributed by atoms with van der Waals surface area (Å²) in [6.45, 7) is 5.76. The third kappa shape index (κ3) is 1.71. The first-order valence-electron chi connectivity index (χ1n) is 6.93. The summed E-state index contributed by atoms with van der Waals surface area (Å²) in [5.41, 5.74) is 4.16. The minimum atomic E-state index is 0.774. The fraction of sp³-hybridized carbons (Fsp3) is 0.786. The molecule has 0 aromatic carbocycles. The summed E-state index contributed by atoms with van der Waals surface area (Å²) in [6.07, 6.45) is 5.08.